The van der Waals surface area contributed by atoms with E-state index in [2.05, 4.69) is 15.5 Å². The first-order valence-electron chi connectivity index (χ1n) is 9.12. The van der Waals surface area contributed by atoms with Crippen LogP contribution in [0, 0.1) is 17.0 Å². The summed E-state index contributed by atoms with van der Waals surface area (Å²) >= 11 is 0. The predicted octanol–water partition coefficient (Wildman–Crippen LogP) is 2.50. The van der Waals surface area contributed by atoms with Gasteiger partial charge in [-0.05, 0) is 18.6 Å². The van der Waals surface area contributed by atoms with Gasteiger partial charge in [0.05, 0.1) is 30.3 Å². The molecule has 28 heavy (non-hydrogen) atoms. The smallest absolute Gasteiger partial charge is 0.271 e. The second kappa shape index (κ2) is 8.81. The minimum absolute atomic E-state index is 0.00172. The summed E-state index contributed by atoms with van der Waals surface area (Å²) in [5, 5.41) is 17.2. The number of nitro groups is 1. The van der Waals surface area contributed by atoms with Crippen LogP contribution in [0.5, 0.6) is 5.75 Å². The topological polar surface area (TPSA) is 96.7 Å². The average Bonchev–Trinajstić information content (AvgIpc) is 2.70. The minimum Gasteiger partial charge on any atom is -0.496 e. The summed E-state index contributed by atoms with van der Waals surface area (Å²) < 4.78 is 5.48. The summed E-state index contributed by atoms with van der Waals surface area (Å²) in [6, 6.07) is 12.2. The second-order valence-corrected chi connectivity index (χ2v) is 6.74. The number of carbonyl (C=O) groups is 1. The zero-order valence-corrected chi connectivity index (χ0v) is 16.0. The molecule has 1 amide bonds. The van der Waals surface area contributed by atoms with Gasteiger partial charge in [-0.1, -0.05) is 24.3 Å². The van der Waals surface area contributed by atoms with Gasteiger partial charge in [0, 0.05) is 37.3 Å². The number of non-ortho nitro benzene ring substituents is 1. The zero-order valence-electron chi connectivity index (χ0n) is 16.0. The normalized spacial score (nSPS) is 17.1. The van der Waals surface area contributed by atoms with E-state index in [9.17, 15) is 14.9 Å². The molecule has 1 aliphatic heterocycles. The number of amides is 1. The molecule has 0 bridgehead atoms. The molecule has 0 radical (unpaired) electrons. The third kappa shape index (κ3) is 4.47. The number of nitrogens with zero attached hydrogens (tertiary/aromatic N) is 2. The van der Waals surface area contributed by atoms with Crippen LogP contribution in [0.25, 0.3) is 0 Å². The van der Waals surface area contributed by atoms with Crippen molar-refractivity contribution < 1.29 is 14.5 Å². The molecule has 2 aromatic carbocycles. The molecule has 0 aromatic heterocycles. The Kier molecular flexibility index (Phi) is 6.23. The lowest BCUT2D eigenvalue weighted by molar-refractivity contribution is -0.384. The molecule has 0 aliphatic carbocycles. The van der Waals surface area contributed by atoms with Crippen LogP contribution < -0.4 is 15.4 Å². The number of para-hydroxylation sites is 1. The molecule has 148 valence electrons. The van der Waals surface area contributed by atoms with Gasteiger partial charge in [-0.15, -0.1) is 0 Å². The minimum atomic E-state index is -0.469. The summed E-state index contributed by atoms with van der Waals surface area (Å²) in [6.07, 6.45) is 0. The van der Waals surface area contributed by atoms with Gasteiger partial charge < -0.3 is 15.4 Å². The molecule has 8 nitrogen and oxygen atoms in total. The third-order valence-corrected chi connectivity index (χ3v) is 4.90. The molecule has 1 unspecified atom stereocenters. The van der Waals surface area contributed by atoms with Crippen molar-refractivity contribution in [2.75, 3.05) is 38.6 Å². The van der Waals surface area contributed by atoms with Crippen molar-refractivity contribution in [3.63, 3.8) is 0 Å². The maximum atomic E-state index is 12.7. The maximum Gasteiger partial charge on any atom is 0.271 e. The van der Waals surface area contributed by atoms with Crippen LogP contribution in [0.15, 0.2) is 42.5 Å². The van der Waals surface area contributed by atoms with E-state index in [1.165, 1.54) is 12.1 Å². The molecular weight excluding hydrogens is 360 g/mol. The van der Waals surface area contributed by atoms with Gasteiger partial charge >= 0.3 is 0 Å². The molecule has 2 N–H and O–H groups in total. The molecule has 0 saturated carbocycles. The molecule has 8 heteroatoms. The molecule has 2 aromatic rings. The second-order valence-electron chi connectivity index (χ2n) is 6.74. The fourth-order valence-electron chi connectivity index (χ4n) is 3.42. The Bertz CT molecular complexity index is 871. The van der Waals surface area contributed by atoms with Gasteiger partial charge in [0.15, 0.2) is 0 Å². The quantitative estimate of drug-likeness (QED) is 0.587. The highest BCUT2D eigenvalue weighted by atomic mass is 16.6. The molecule has 0 spiro atoms. The van der Waals surface area contributed by atoms with Gasteiger partial charge in [-0.25, -0.2) is 0 Å². The molecule has 1 aliphatic rings. The number of rotatable bonds is 6. The first-order chi connectivity index (χ1) is 13.5. The van der Waals surface area contributed by atoms with Crippen LogP contribution in [0.2, 0.25) is 0 Å². The molecule has 1 fully saturated rings. The Hall–Kier alpha value is -2.97. The largest absolute Gasteiger partial charge is 0.496 e. The van der Waals surface area contributed by atoms with E-state index in [1.54, 1.807) is 13.2 Å². The van der Waals surface area contributed by atoms with Crippen LogP contribution in [0.4, 0.5) is 11.4 Å². The van der Waals surface area contributed by atoms with Crippen LogP contribution in [0.3, 0.4) is 0 Å². The lowest BCUT2D eigenvalue weighted by Gasteiger charge is -2.36. The lowest BCUT2D eigenvalue weighted by Crippen LogP contribution is -2.48. The van der Waals surface area contributed by atoms with E-state index in [0.29, 0.717) is 18.8 Å². The number of ether oxygens (including phenoxy) is 1. The molecular formula is C20H24N4O4. The van der Waals surface area contributed by atoms with Crippen molar-refractivity contribution in [1.82, 2.24) is 10.2 Å². The Morgan fingerprint density at radius 2 is 2.14 bits per heavy atom. The zero-order chi connectivity index (χ0) is 20.1. The van der Waals surface area contributed by atoms with Crippen molar-refractivity contribution in [3.8, 4) is 5.75 Å². The summed E-state index contributed by atoms with van der Waals surface area (Å²) in [6.45, 7) is 4.20. The first-order valence-corrected chi connectivity index (χ1v) is 9.12. The number of aryl methyl sites for hydroxylation is 1. The van der Waals surface area contributed by atoms with Gasteiger partial charge in [-0.3, -0.25) is 19.8 Å². The average molecular weight is 384 g/mol. The van der Waals surface area contributed by atoms with Crippen LogP contribution >= 0.6 is 0 Å². The number of hydrogen-bond donors (Lipinski definition) is 2. The summed E-state index contributed by atoms with van der Waals surface area (Å²) in [5.74, 6) is 0.585. The van der Waals surface area contributed by atoms with Gasteiger partial charge in [0.2, 0.25) is 5.91 Å². The Balaban J connectivity index is 1.75. The standard InChI is InChI=1S/C20H24N4O4/c1-14-7-8-15(24(26)27)11-17(14)22-20(25)13-23-10-9-21-12-18(23)16-5-3-4-6-19(16)28-2/h3-8,11,18,21H,9-10,12-13H2,1-2H3,(H,22,25). The molecule has 1 saturated heterocycles. The van der Waals surface area contributed by atoms with E-state index in [1.807, 2.05) is 31.2 Å². The van der Waals surface area contributed by atoms with E-state index in [-0.39, 0.29) is 24.2 Å². The van der Waals surface area contributed by atoms with E-state index >= 15 is 0 Å². The third-order valence-electron chi connectivity index (χ3n) is 4.90. The van der Waals surface area contributed by atoms with Crippen LogP contribution in [-0.4, -0.2) is 49.0 Å². The van der Waals surface area contributed by atoms with Gasteiger partial charge in [0.25, 0.3) is 5.69 Å². The number of carbonyl (C=O) groups excluding carboxylic acids is 1. The van der Waals surface area contributed by atoms with E-state index < -0.39 is 4.92 Å². The summed E-state index contributed by atoms with van der Waals surface area (Å²) in [4.78, 5) is 25.3. The highest BCUT2D eigenvalue weighted by Crippen LogP contribution is 2.30. The highest BCUT2D eigenvalue weighted by molar-refractivity contribution is 5.93. The van der Waals surface area contributed by atoms with E-state index in [4.69, 9.17) is 4.74 Å². The van der Waals surface area contributed by atoms with Gasteiger partial charge in [-0.2, -0.15) is 0 Å². The predicted molar refractivity (Wildman–Crippen MR) is 107 cm³/mol. The fraction of sp³-hybridized carbons (Fsp3) is 0.350. The number of hydrogen-bond acceptors (Lipinski definition) is 6. The van der Waals surface area contributed by atoms with Crippen molar-refractivity contribution in [3.05, 3.63) is 63.7 Å². The van der Waals surface area contributed by atoms with Crippen LogP contribution in [0.1, 0.15) is 17.2 Å². The number of nitrogens with one attached hydrogen (secondary N) is 2. The maximum absolute atomic E-state index is 12.7. The SMILES string of the molecule is COc1ccccc1C1CNCCN1CC(=O)Nc1cc([N+](=O)[O-])ccc1C. The summed E-state index contributed by atoms with van der Waals surface area (Å²) in [7, 11) is 1.64. The van der Waals surface area contributed by atoms with Crippen LogP contribution in [-0.2, 0) is 4.79 Å². The molecule has 1 heterocycles. The lowest BCUT2D eigenvalue weighted by atomic mass is 10.0. The fourth-order valence-corrected chi connectivity index (χ4v) is 3.42. The highest BCUT2D eigenvalue weighted by Gasteiger charge is 2.27. The molecule has 3 rings (SSSR count). The molecule has 1 atom stereocenters. The van der Waals surface area contributed by atoms with Gasteiger partial charge in [0.1, 0.15) is 5.75 Å². The number of anilines is 1. The van der Waals surface area contributed by atoms with Crippen molar-refractivity contribution in [1.29, 1.82) is 0 Å². The Labute approximate surface area is 163 Å². The number of methoxy groups -OCH3 is 1. The monoisotopic (exact) mass is 384 g/mol. The number of nitro benzene ring substituents is 1. The Morgan fingerprint density at radius 1 is 1.36 bits per heavy atom. The summed E-state index contributed by atoms with van der Waals surface area (Å²) in [5.41, 5.74) is 2.22. The van der Waals surface area contributed by atoms with Crippen molar-refractivity contribution >= 4 is 17.3 Å². The first kappa shape index (κ1) is 19.8. The number of piperazine rings is 1. The van der Waals surface area contributed by atoms with Crippen molar-refractivity contribution in [2.45, 2.75) is 13.0 Å². The van der Waals surface area contributed by atoms with Crippen molar-refractivity contribution in [2.24, 2.45) is 0 Å². The Morgan fingerprint density at radius 3 is 2.89 bits per heavy atom. The number of benzene rings is 2. The van der Waals surface area contributed by atoms with E-state index in [0.717, 1.165) is 23.4 Å².